The summed E-state index contributed by atoms with van der Waals surface area (Å²) in [6.45, 7) is 3.74. The third-order valence-corrected chi connectivity index (χ3v) is 5.67. The Bertz CT molecular complexity index is 805. The second-order valence-corrected chi connectivity index (χ2v) is 7.81. The standard InChI is InChI=1S/C20H29N5OS/c1-15-8-10-16(11-9-15)19-22-23-20(27)25(19)14-18(26)21-12-13-24(2)17-6-4-3-5-7-17/h8-11,17H,3-7,12-14H2,1-2H3,(H,21,26)(H,23,27). The van der Waals surface area contributed by atoms with Gasteiger partial charge in [-0.1, -0.05) is 49.1 Å². The molecule has 1 aliphatic rings. The first-order chi connectivity index (χ1) is 13.0. The summed E-state index contributed by atoms with van der Waals surface area (Å²) in [7, 11) is 2.16. The number of aromatic nitrogens is 3. The summed E-state index contributed by atoms with van der Waals surface area (Å²) in [6, 6.07) is 8.70. The van der Waals surface area contributed by atoms with Gasteiger partial charge in [0.1, 0.15) is 6.54 Å². The van der Waals surface area contributed by atoms with Crippen molar-refractivity contribution in [3.05, 3.63) is 34.6 Å². The largest absolute Gasteiger partial charge is 0.353 e. The molecule has 1 aromatic carbocycles. The van der Waals surface area contributed by atoms with Gasteiger partial charge in [-0.2, -0.15) is 5.10 Å². The molecule has 1 fully saturated rings. The monoisotopic (exact) mass is 387 g/mol. The SMILES string of the molecule is Cc1ccc(-c2n[nH]c(=S)n2CC(=O)NCCN(C)C2CCCCC2)cc1. The van der Waals surface area contributed by atoms with Crippen molar-refractivity contribution in [1.82, 2.24) is 25.0 Å². The molecule has 0 atom stereocenters. The normalized spacial score (nSPS) is 15.2. The molecule has 3 rings (SSSR count). The number of nitrogens with one attached hydrogen (secondary N) is 2. The van der Waals surface area contributed by atoms with Crippen LogP contribution in [0.3, 0.4) is 0 Å². The van der Waals surface area contributed by atoms with Crippen molar-refractivity contribution >= 4 is 18.1 Å². The van der Waals surface area contributed by atoms with Gasteiger partial charge >= 0.3 is 0 Å². The average molecular weight is 388 g/mol. The van der Waals surface area contributed by atoms with Crippen LogP contribution in [0.25, 0.3) is 11.4 Å². The Balaban J connectivity index is 1.54. The number of nitrogens with zero attached hydrogens (tertiary/aromatic N) is 3. The van der Waals surface area contributed by atoms with Gasteiger partial charge in [0.05, 0.1) is 0 Å². The molecule has 1 heterocycles. The van der Waals surface area contributed by atoms with Gasteiger partial charge in [0.2, 0.25) is 5.91 Å². The highest BCUT2D eigenvalue weighted by Gasteiger charge is 2.18. The van der Waals surface area contributed by atoms with Crippen molar-refractivity contribution in [2.45, 2.75) is 51.6 Å². The summed E-state index contributed by atoms with van der Waals surface area (Å²) < 4.78 is 2.21. The average Bonchev–Trinajstić information content (AvgIpc) is 3.03. The predicted octanol–water partition coefficient (Wildman–Crippen LogP) is 3.30. The molecule has 2 N–H and O–H groups in total. The lowest BCUT2D eigenvalue weighted by Crippen LogP contribution is -2.40. The van der Waals surface area contributed by atoms with Crippen LogP contribution in [0.5, 0.6) is 0 Å². The molecule has 2 aromatic rings. The van der Waals surface area contributed by atoms with Crippen LogP contribution in [0, 0.1) is 11.7 Å². The van der Waals surface area contributed by atoms with Gasteiger partial charge in [-0.25, -0.2) is 0 Å². The lowest BCUT2D eigenvalue weighted by molar-refractivity contribution is -0.121. The van der Waals surface area contributed by atoms with Gasteiger partial charge in [0.15, 0.2) is 10.6 Å². The quantitative estimate of drug-likeness (QED) is 0.716. The number of likely N-dealkylation sites (N-methyl/N-ethyl adjacent to an activating group) is 1. The molecule has 0 bridgehead atoms. The van der Waals surface area contributed by atoms with Crippen LogP contribution in [0.2, 0.25) is 0 Å². The summed E-state index contributed by atoms with van der Waals surface area (Å²) in [5, 5.41) is 10.1. The minimum atomic E-state index is -0.0436. The maximum Gasteiger partial charge on any atom is 0.240 e. The van der Waals surface area contributed by atoms with Crippen LogP contribution < -0.4 is 5.32 Å². The molecule has 1 amide bonds. The lowest BCUT2D eigenvalue weighted by atomic mass is 9.94. The van der Waals surface area contributed by atoms with E-state index in [9.17, 15) is 4.79 Å². The molecule has 1 saturated carbocycles. The third-order valence-electron chi connectivity index (χ3n) is 5.35. The van der Waals surface area contributed by atoms with Gasteiger partial charge in [0, 0.05) is 24.7 Å². The van der Waals surface area contributed by atoms with Crippen LogP contribution in [-0.4, -0.2) is 51.8 Å². The van der Waals surface area contributed by atoms with Crippen molar-refractivity contribution in [2.75, 3.05) is 20.1 Å². The van der Waals surface area contributed by atoms with E-state index >= 15 is 0 Å². The summed E-state index contributed by atoms with van der Waals surface area (Å²) >= 11 is 5.31. The second kappa shape index (κ2) is 9.28. The van der Waals surface area contributed by atoms with Crippen molar-refractivity contribution in [2.24, 2.45) is 0 Å². The van der Waals surface area contributed by atoms with Crippen molar-refractivity contribution in [3.63, 3.8) is 0 Å². The van der Waals surface area contributed by atoms with E-state index in [1.54, 1.807) is 4.57 Å². The van der Waals surface area contributed by atoms with E-state index in [0.717, 1.165) is 12.1 Å². The Labute approximate surface area is 166 Å². The minimum absolute atomic E-state index is 0.0436. The van der Waals surface area contributed by atoms with Gasteiger partial charge in [-0.15, -0.1) is 0 Å². The molecular weight excluding hydrogens is 358 g/mol. The summed E-state index contributed by atoms with van der Waals surface area (Å²) in [5.41, 5.74) is 2.12. The Morgan fingerprint density at radius 1 is 1.30 bits per heavy atom. The van der Waals surface area contributed by atoms with Gasteiger partial charge in [0.25, 0.3) is 0 Å². The van der Waals surface area contributed by atoms with Crippen LogP contribution in [-0.2, 0) is 11.3 Å². The van der Waals surface area contributed by atoms with Crippen molar-refractivity contribution < 1.29 is 4.79 Å². The molecule has 0 unspecified atom stereocenters. The van der Waals surface area contributed by atoms with Crippen LogP contribution >= 0.6 is 12.2 Å². The fourth-order valence-corrected chi connectivity index (χ4v) is 3.86. The number of amides is 1. The number of carbonyl (C=O) groups is 1. The number of aromatic amines is 1. The zero-order valence-electron chi connectivity index (χ0n) is 16.2. The van der Waals surface area contributed by atoms with Gasteiger partial charge in [-0.3, -0.25) is 14.5 Å². The molecule has 0 radical (unpaired) electrons. The lowest BCUT2D eigenvalue weighted by Gasteiger charge is -2.31. The second-order valence-electron chi connectivity index (χ2n) is 7.43. The summed E-state index contributed by atoms with van der Waals surface area (Å²) in [4.78, 5) is 14.8. The van der Waals surface area contributed by atoms with E-state index in [2.05, 4.69) is 27.5 Å². The molecular formula is C20H29N5OS. The number of H-pyrrole nitrogens is 1. The van der Waals surface area contributed by atoms with Gasteiger partial charge in [-0.05, 0) is 39.0 Å². The highest BCUT2D eigenvalue weighted by Crippen LogP contribution is 2.21. The maximum atomic E-state index is 12.4. The molecule has 27 heavy (non-hydrogen) atoms. The highest BCUT2D eigenvalue weighted by molar-refractivity contribution is 7.71. The van der Waals surface area contributed by atoms with E-state index in [-0.39, 0.29) is 12.5 Å². The number of aryl methyl sites for hydroxylation is 1. The molecule has 1 aromatic heterocycles. The molecule has 7 heteroatoms. The Morgan fingerprint density at radius 2 is 2.00 bits per heavy atom. The first-order valence-corrected chi connectivity index (χ1v) is 10.1. The molecule has 1 aliphatic carbocycles. The Hall–Kier alpha value is -1.99. The molecule has 6 nitrogen and oxygen atoms in total. The number of rotatable bonds is 7. The number of hydrogen-bond acceptors (Lipinski definition) is 4. The van der Waals surface area contributed by atoms with Crippen LogP contribution in [0.1, 0.15) is 37.7 Å². The number of carbonyl (C=O) groups excluding carboxylic acids is 1. The third kappa shape index (κ3) is 5.26. The van der Waals surface area contributed by atoms with Crippen molar-refractivity contribution in [1.29, 1.82) is 0 Å². The maximum absolute atomic E-state index is 12.4. The number of hydrogen-bond donors (Lipinski definition) is 2. The highest BCUT2D eigenvalue weighted by atomic mass is 32.1. The fourth-order valence-electron chi connectivity index (χ4n) is 3.66. The van der Waals surface area contributed by atoms with E-state index < -0.39 is 0 Å². The van der Waals surface area contributed by atoms with E-state index in [1.807, 2.05) is 31.2 Å². The Kier molecular flexibility index (Phi) is 6.79. The first-order valence-electron chi connectivity index (χ1n) is 9.74. The van der Waals surface area contributed by atoms with Crippen LogP contribution in [0.4, 0.5) is 0 Å². The predicted molar refractivity (Wildman–Crippen MR) is 110 cm³/mol. The zero-order valence-corrected chi connectivity index (χ0v) is 17.0. The first kappa shape index (κ1) is 19.8. The smallest absolute Gasteiger partial charge is 0.240 e. The van der Waals surface area contributed by atoms with Gasteiger partial charge < -0.3 is 10.2 Å². The Morgan fingerprint density at radius 3 is 2.70 bits per heavy atom. The van der Waals surface area contributed by atoms with Crippen molar-refractivity contribution in [3.8, 4) is 11.4 Å². The topological polar surface area (TPSA) is 66.0 Å². The minimum Gasteiger partial charge on any atom is -0.353 e. The van der Waals surface area contributed by atoms with E-state index in [4.69, 9.17) is 12.2 Å². The van der Waals surface area contributed by atoms with Crippen LogP contribution in [0.15, 0.2) is 24.3 Å². The summed E-state index contributed by atoms with van der Waals surface area (Å²) in [5.74, 6) is 0.646. The molecule has 0 spiro atoms. The van der Waals surface area contributed by atoms with E-state index in [0.29, 0.717) is 23.2 Å². The molecule has 0 saturated heterocycles. The number of benzene rings is 1. The summed E-state index contributed by atoms with van der Waals surface area (Å²) in [6.07, 6.45) is 6.54. The fraction of sp³-hybridized carbons (Fsp3) is 0.550. The van der Waals surface area contributed by atoms with E-state index in [1.165, 1.54) is 37.7 Å². The zero-order chi connectivity index (χ0) is 19.2. The molecule has 0 aliphatic heterocycles. The molecule has 146 valence electrons.